The molecule has 4 heteroatoms. The van der Waals surface area contributed by atoms with E-state index in [9.17, 15) is 0 Å². The van der Waals surface area contributed by atoms with Crippen LogP contribution in [-0.4, -0.2) is 26.4 Å². The molecule has 0 aromatic heterocycles. The molecule has 0 aliphatic heterocycles. The van der Waals surface area contributed by atoms with Crippen LogP contribution >= 0.6 is 0 Å². The fourth-order valence-corrected chi connectivity index (χ4v) is 8.33. The van der Waals surface area contributed by atoms with Crippen LogP contribution in [0.25, 0.3) is 53.9 Å². The van der Waals surface area contributed by atoms with E-state index in [1.165, 1.54) is 146 Å². The molecule has 0 atom stereocenters. The number of rotatable bonds is 28. The summed E-state index contributed by atoms with van der Waals surface area (Å²) in [6.07, 6.45) is 24.4. The maximum Gasteiger partial charge on any atom is 0.128 e. The highest BCUT2D eigenvalue weighted by Gasteiger charge is 2.28. The summed E-state index contributed by atoms with van der Waals surface area (Å²) < 4.78 is 26.9. The molecule has 0 N–H and O–H groups in total. The maximum absolute atomic E-state index is 6.77. The average molecular weight is 707 g/mol. The number of unbranched alkanes of at least 4 members (excludes halogenated alkanes) is 16. The highest BCUT2D eigenvalue weighted by atomic mass is 16.5. The molecule has 0 unspecified atom stereocenters. The first-order valence-electron chi connectivity index (χ1n) is 21.5. The summed E-state index contributed by atoms with van der Waals surface area (Å²) in [5, 5.41) is 12.4. The van der Waals surface area contributed by atoms with Gasteiger partial charge in [-0.05, 0) is 66.8 Å². The van der Waals surface area contributed by atoms with Crippen LogP contribution < -0.4 is 18.9 Å². The lowest BCUT2D eigenvalue weighted by molar-refractivity contribution is 0.303. The van der Waals surface area contributed by atoms with Crippen LogP contribution in [0.4, 0.5) is 0 Å². The Kier molecular flexibility index (Phi) is 14.5. The van der Waals surface area contributed by atoms with Crippen LogP contribution in [-0.2, 0) is 0 Å². The van der Waals surface area contributed by atoms with Crippen molar-refractivity contribution >= 4 is 53.9 Å². The van der Waals surface area contributed by atoms with Gasteiger partial charge in [0.05, 0.1) is 26.4 Å². The van der Waals surface area contributed by atoms with Gasteiger partial charge < -0.3 is 18.9 Å². The van der Waals surface area contributed by atoms with Gasteiger partial charge in [-0.25, -0.2) is 0 Å². The first-order valence-corrected chi connectivity index (χ1v) is 21.5. The highest BCUT2D eigenvalue weighted by Crippen LogP contribution is 2.56. The van der Waals surface area contributed by atoms with E-state index in [0.717, 1.165) is 85.9 Å². The molecule has 6 aromatic carbocycles. The van der Waals surface area contributed by atoms with Crippen molar-refractivity contribution in [3.63, 3.8) is 0 Å². The Morgan fingerprint density at radius 3 is 1.00 bits per heavy atom. The third-order valence-electron chi connectivity index (χ3n) is 11.2. The number of ether oxygens (including phenoxy) is 4. The predicted octanol–water partition coefficient (Wildman–Crippen LogP) is 15.2. The summed E-state index contributed by atoms with van der Waals surface area (Å²) in [4.78, 5) is 0. The second-order valence-electron chi connectivity index (χ2n) is 15.4. The van der Waals surface area contributed by atoms with Crippen LogP contribution in [0.5, 0.6) is 23.0 Å². The lowest BCUT2D eigenvalue weighted by atomic mass is 9.97. The molecule has 0 fully saturated rings. The van der Waals surface area contributed by atoms with Crippen molar-refractivity contribution in [2.75, 3.05) is 26.4 Å². The highest BCUT2D eigenvalue weighted by molar-refractivity contribution is 6.46. The van der Waals surface area contributed by atoms with E-state index >= 15 is 0 Å². The van der Waals surface area contributed by atoms with Gasteiger partial charge in [-0.2, -0.15) is 0 Å². The fourth-order valence-electron chi connectivity index (χ4n) is 8.33. The summed E-state index contributed by atoms with van der Waals surface area (Å²) in [6.45, 7) is 12.0. The third kappa shape index (κ3) is 8.69. The molecule has 0 radical (unpaired) electrons. The molecule has 0 saturated heterocycles. The molecular weight excluding hydrogens is 641 g/mol. The molecular formula is C48H66O4. The summed E-state index contributed by atoms with van der Waals surface area (Å²) >= 11 is 0. The van der Waals surface area contributed by atoms with Gasteiger partial charge in [0.2, 0.25) is 0 Å². The Morgan fingerprint density at radius 1 is 0.308 bits per heavy atom. The van der Waals surface area contributed by atoms with Gasteiger partial charge in [0, 0.05) is 43.1 Å². The topological polar surface area (TPSA) is 36.9 Å². The van der Waals surface area contributed by atoms with Crippen molar-refractivity contribution in [2.24, 2.45) is 0 Å². The minimum absolute atomic E-state index is 0.721. The number of hydrogen-bond donors (Lipinski definition) is 0. The van der Waals surface area contributed by atoms with E-state index in [2.05, 4.69) is 64.1 Å². The summed E-state index contributed by atoms with van der Waals surface area (Å²) in [7, 11) is 0. The van der Waals surface area contributed by atoms with Crippen LogP contribution in [0.15, 0.2) is 36.4 Å². The van der Waals surface area contributed by atoms with Crippen LogP contribution in [0.3, 0.4) is 0 Å². The van der Waals surface area contributed by atoms with Crippen molar-refractivity contribution < 1.29 is 18.9 Å². The van der Waals surface area contributed by atoms with Crippen molar-refractivity contribution in [1.29, 1.82) is 0 Å². The van der Waals surface area contributed by atoms with E-state index in [4.69, 9.17) is 18.9 Å². The molecule has 0 saturated carbocycles. The van der Waals surface area contributed by atoms with Gasteiger partial charge in [0.1, 0.15) is 23.0 Å². The second-order valence-corrected chi connectivity index (χ2v) is 15.4. The summed E-state index contributed by atoms with van der Waals surface area (Å²) in [6, 6.07) is 13.7. The Labute approximate surface area is 313 Å². The van der Waals surface area contributed by atoms with E-state index < -0.39 is 0 Å². The zero-order valence-corrected chi connectivity index (χ0v) is 33.1. The summed E-state index contributed by atoms with van der Waals surface area (Å²) in [5.74, 6) is 3.86. The fraction of sp³-hybridized carbons (Fsp3) is 0.583. The van der Waals surface area contributed by atoms with Crippen molar-refractivity contribution in [3.8, 4) is 23.0 Å². The molecule has 4 nitrogen and oxygen atoms in total. The number of hydrogen-bond acceptors (Lipinski definition) is 4. The van der Waals surface area contributed by atoms with Gasteiger partial charge in [0.15, 0.2) is 0 Å². The van der Waals surface area contributed by atoms with Gasteiger partial charge in [-0.1, -0.05) is 136 Å². The minimum atomic E-state index is 0.721. The lowest BCUT2D eigenvalue weighted by Crippen LogP contribution is -2.02. The Morgan fingerprint density at radius 2 is 0.615 bits per heavy atom. The van der Waals surface area contributed by atoms with Gasteiger partial charge in [0.25, 0.3) is 0 Å². The molecule has 0 spiro atoms. The van der Waals surface area contributed by atoms with E-state index in [1.54, 1.807) is 0 Å². The third-order valence-corrected chi connectivity index (χ3v) is 11.2. The first-order chi connectivity index (χ1) is 25.7. The molecule has 0 amide bonds. The second kappa shape index (κ2) is 19.6. The van der Waals surface area contributed by atoms with Crippen LogP contribution in [0.2, 0.25) is 0 Å². The molecule has 0 bridgehead atoms. The van der Waals surface area contributed by atoms with E-state index in [0.29, 0.717) is 0 Å². The predicted molar refractivity (Wildman–Crippen MR) is 225 cm³/mol. The van der Waals surface area contributed by atoms with E-state index in [-0.39, 0.29) is 0 Å². The quantitative estimate of drug-likeness (QED) is 0.0376. The van der Waals surface area contributed by atoms with Crippen molar-refractivity contribution in [1.82, 2.24) is 0 Å². The first kappa shape index (κ1) is 38.3. The monoisotopic (exact) mass is 706 g/mol. The zero-order valence-electron chi connectivity index (χ0n) is 33.1. The van der Waals surface area contributed by atoms with Gasteiger partial charge >= 0.3 is 0 Å². The minimum Gasteiger partial charge on any atom is -0.493 e. The van der Waals surface area contributed by atoms with Gasteiger partial charge in [-0.3, -0.25) is 0 Å². The Hall–Kier alpha value is -3.40. The van der Waals surface area contributed by atoms with Gasteiger partial charge in [-0.15, -0.1) is 0 Å². The zero-order chi connectivity index (χ0) is 36.1. The van der Waals surface area contributed by atoms with Crippen molar-refractivity contribution in [2.45, 2.75) is 156 Å². The summed E-state index contributed by atoms with van der Waals surface area (Å²) in [5.41, 5.74) is 0. The molecule has 52 heavy (non-hydrogen) atoms. The molecule has 6 rings (SSSR count). The average Bonchev–Trinajstić information content (AvgIpc) is 3.53. The largest absolute Gasteiger partial charge is 0.493 e. The molecule has 0 aliphatic rings. The normalized spacial score (nSPS) is 12.2. The smallest absolute Gasteiger partial charge is 0.128 e. The Balaban J connectivity index is 1.45. The molecule has 0 heterocycles. The Bertz CT molecular complexity index is 1850. The van der Waals surface area contributed by atoms with Crippen LogP contribution in [0.1, 0.15) is 156 Å². The lowest BCUT2D eigenvalue weighted by Gasteiger charge is -2.17. The standard InChI is InChI=1S/C48H66O4/c1-5-9-13-17-21-27-49-40-31-35-25-26-36-41(50-28-22-18-14-10-6-2)32-38-43(52-30-24-20-16-12-8-4)34-39-42(51-29-23-19-15-11-7-3)33-37(40)46-44(35)45(36)47(38)48(39)46/h25-26,31-34H,5-24,27-30H2,1-4H3. The molecule has 6 aromatic rings. The SMILES string of the molecule is CCCCCCCOc1cc2c(OCCCCCCC)cc3c(OCCCCCCC)cc4c(OCCCCCCC)cc5ccc1c1c5c4c3c21. The molecule has 0 aliphatic carbocycles. The van der Waals surface area contributed by atoms with Crippen LogP contribution in [0, 0.1) is 0 Å². The number of benzene rings is 5. The molecule has 282 valence electrons. The maximum atomic E-state index is 6.77. The van der Waals surface area contributed by atoms with Crippen molar-refractivity contribution in [3.05, 3.63) is 36.4 Å². The van der Waals surface area contributed by atoms with E-state index in [1.807, 2.05) is 0 Å².